The summed E-state index contributed by atoms with van der Waals surface area (Å²) in [5, 5.41) is 5.87. The summed E-state index contributed by atoms with van der Waals surface area (Å²) in [6, 6.07) is 7.00. The van der Waals surface area contributed by atoms with Crippen LogP contribution >= 0.6 is 0 Å². The molecule has 1 aliphatic heterocycles. The van der Waals surface area contributed by atoms with Crippen molar-refractivity contribution in [1.29, 1.82) is 0 Å². The van der Waals surface area contributed by atoms with Gasteiger partial charge in [0, 0.05) is 30.7 Å². The first kappa shape index (κ1) is 18.2. The zero-order chi connectivity index (χ0) is 18.5. The van der Waals surface area contributed by atoms with E-state index in [0.717, 1.165) is 12.8 Å². The number of carbonyl (C=O) groups excluding carboxylic acids is 3. The smallest absolute Gasteiger partial charge is 0.338 e. The topological polar surface area (TPSA) is 87.7 Å². The number of hydrogen-bond donors (Lipinski definition) is 2. The van der Waals surface area contributed by atoms with E-state index in [2.05, 4.69) is 10.6 Å². The number of likely N-dealkylation sites (tertiary alicyclic amines) is 1. The minimum absolute atomic E-state index is 0.0130. The molecular weight excluding hydrogens is 334 g/mol. The van der Waals surface area contributed by atoms with E-state index < -0.39 is 0 Å². The molecule has 0 aromatic heterocycles. The van der Waals surface area contributed by atoms with Crippen molar-refractivity contribution in [3.63, 3.8) is 0 Å². The first-order chi connectivity index (χ1) is 12.6. The number of amides is 3. The Hall–Kier alpha value is -2.57. The number of nitrogens with one attached hydrogen (secondary N) is 2. The van der Waals surface area contributed by atoms with Crippen LogP contribution in [0.25, 0.3) is 0 Å². The quantitative estimate of drug-likeness (QED) is 0.790. The van der Waals surface area contributed by atoms with Gasteiger partial charge in [-0.05, 0) is 56.9 Å². The van der Waals surface area contributed by atoms with Crippen LogP contribution in [0.5, 0.6) is 0 Å². The van der Waals surface area contributed by atoms with Gasteiger partial charge in [-0.1, -0.05) is 0 Å². The van der Waals surface area contributed by atoms with Gasteiger partial charge in [-0.25, -0.2) is 9.59 Å². The molecule has 0 spiro atoms. The molecule has 1 saturated carbocycles. The van der Waals surface area contributed by atoms with Crippen molar-refractivity contribution in [3.8, 4) is 0 Å². The number of carbonyl (C=O) groups is 3. The number of hydrogen-bond acceptors (Lipinski definition) is 4. The van der Waals surface area contributed by atoms with Crippen LogP contribution in [0.4, 0.5) is 10.5 Å². The lowest BCUT2D eigenvalue weighted by atomic mass is 9.96. The van der Waals surface area contributed by atoms with Crippen LogP contribution in [0.2, 0.25) is 0 Å². The van der Waals surface area contributed by atoms with Crippen LogP contribution in [0.3, 0.4) is 0 Å². The molecule has 2 fully saturated rings. The van der Waals surface area contributed by atoms with Gasteiger partial charge in [0.15, 0.2) is 0 Å². The second-order valence-corrected chi connectivity index (χ2v) is 6.77. The Kier molecular flexibility index (Phi) is 5.75. The molecule has 3 rings (SSSR count). The number of esters is 1. The van der Waals surface area contributed by atoms with E-state index in [-0.39, 0.29) is 23.8 Å². The normalized spacial score (nSPS) is 17.5. The van der Waals surface area contributed by atoms with Crippen molar-refractivity contribution in [1.82, 2.24) is 10.2 Å². The first-order valence-electron chi connectivity index (χ1n) is 9.20. The average molecular weight is 359 g/mol. The number of rotatable bonds is 5. The third-order valence-corrected chi connectivity index (χ3v) is 4.72. The average Bonchev–Trinajstić information content (AvgIpc) is 3.46. The van der Waals surface area contributed by atoms with Crippen molar-refractivity contribution >= 4 is 23.6 Å². The molecule has 1 heterocycles. The number of ether oxygens (including phenoxy) is 1. The molecule has 0 bridgehead atoms. The summed E-state index contributed by atoms with van der Waals surface area (Å²) >= 11 is 0. The molecule has 2 N–H and O–H groups in total. The Labute approximate surface area is 153 Å². The maximum atomic E-state index is 12.4. The summed E-state index contributed by atoms with van der Waals surface area (Å²) in [6.45, 7) is 3.28. The van der Waals surface area contributed by atoms with E-state index >= 15 is 0 Å². The Morgan fingerprint density at radius 3 is 2.31 bits per heavy atom. The first-order valence-corrected chi connectivity index (χ1v) is 9.20. The second-order valence-electron chi connectivity index (χ2n) is 6.77. The minimum Gasteiger partial charge on any atom is -0.462 e. The van der Waals surface area contributed by atoms with E-state index in [9.17, 15) is 14.4 Å². The highest BCUT2D eigenvalue weighted by Crippen LogP contribution is 2.22. The van der Waals surface area contributed by atoms with Gasteiger partial charge in [0.2, 0.25) is 5.91 Å². The summed E-state index contributed by atoms with van der Waals surface area (Å²) in [6.07, 6.45) is 3.45. The maximum Gasteiger partial charge on any atom is 0.338 e. The molecule has 3 amide bonds. The van der Waals surface area contributed by atoms with Gasteiger partial charge >= 0.3 is 12.0 Å². The van der Waals surface area contributed by atoms with E-state index in [1.165, 1.54) is 0 Å². The number of nitrogens with zero attached hydrogens (tertiary/aromatic N) is 1. The molecule has 0 unspecified atom stereocenters. The van der Waals surface area contributed by atoms with Gasteiger partial charge in [0.25, 0.3) is 0 Å². The predicted octanol–water partition coefficient (Wildman–Crippen LogP) is 2.39. The minimum atomic E-state index is -0.373. The van der Waals surface area contributed by atoms with Crippen molar-refractivity contribution < 1.29 is 19.1 Å². The fourth-order valence-electron chi connectivity index (χ4n) is 2.99. The molecule has 140 valence electrons. The lowest BCUT2D eigenvalue weighted by Crippen LogP contribution is -2.46. The van der Waals surface area contributed by atoms with E-state index in [1.807, 2.05) is 0 Å². The molecule has 7 nitrogen and oxygen atoms in total. The van der Waals surface area contributed by atoms with E-state index in [1.54, 1.807) is 36.1 Å². The Morgan fingerprint density at radius 2 is 1.73 bits per heavy atom. The van der Waals surface area contributed by atoms with Crippen molar-refractivity contribution in [3.05, 3.63) is 29.8 Å². The fourth-order valence-corrected chi connectivity index (χ4v) is 2.99. The van der Waals surface area contributed by atoms with Crippen molar-refractivity contribution in [2.24, 2.45) is 5.92 Å². The van der Waals surface area contributed by atoms with Crippen LogP contribution in [-0.2, 0) is 9.53 Å². The molecule has 0 radical (unpaired) electrons. The van der Waals surface area contributed by atoms with Crippen molar-refractivity contribution in [2.75, 3.05) is 25.0 Å². The molecule has 7 heteroatoms. The third kappa shape index (κ3) is 4.74. The fraction of sp³-hybridized carbons (Fsp3) is 0.526. The molecule has 2 aliphatic rings. The van der Waals surface area contributed by atoms with E-state index in [0.29, 0.717) is 49.8 Å². The number of piperidine rings is 1. The van der Waals surface area contributed by atoms with Gasteiger partial charge in [0.1, 0.15) is 0 Å². The van der Waals surface area contributed by atoms with E-state index in [4.69, 9.17) is 4.74 Å². The summed E-state index contributed by atoms with van der Waals surface area (Å²) in [7, 11) is 0. The monoisotopic (exact) mass is 359 g/mol. The molecule has 1 aromatic rings. The molecule has 1 aromatic carbocycles. The standard InChI is InChI=1S/C19H25N3O4/c1-2-26-18(24)14-3-5-15(6-4-14)20-17(23)13-9-11-22(12-10-13)19(25)21-16-7-8-16/h3-6,13,16H,2,7-12H2,1H3,(H,20,23)(H,21,25). The largest absolute Gasteiger partial charge is 0.462 e. The van der Waals surface area contributed by atoms with Crippen LogP contribution < -0.4 is 10.6 Å². The third-order valence-electron chi connectivity index (χ3n) is 4.72. The predicted molar refractivity (Wildman–Crippen MR) is 96.9 cm³/mol. The summed E-state index contributed by atoms with van der Waals surface area (Å²) in [5.41, 5.74) is 1.11. The van der Waals surface area contributed by atoms with Gasteiger partial charge in [0.05, 0.1) is 12.2 Å². The number of anilines is 1. The number of benzene rings is 1. The SMILES string of the molecule is CCOC(=O)c1ccc(NC(=O)C2CCN(C(=O)NC3CC3)CC2)cc1. The Morgan fingerprint density at radius 1 is 1.08 bits per heavy atom. The summed E-state index contributed by atoms with van der Waals surface area (Å²) in [5.74, 6) is -0.525. The van der Waals surface area contributed by atoms with Gasteiger partial charge in [-0.3, -0.25) is 4.79 Å². The van der Waals surface area contributed by atoms with Crippen molar-refractivity contribution in [2.45, 2.75) is 38.6 Å². The second kappa shape index (κ2) is 8.21. The molecule has 1 aliphatic carbocycles. The van der Waals surface area contributed by atoms with Gasteiger partial charge in [-0.15, -0.1) is 0 Å². The summed E-state index contributed by atoms with van der Waals surface area (Å²) < 4.78 is 4.94. The lowest BCUT2D eigenvalue weighted by molar-refractivity contribution is -0.121. The molecule has 1 saturated heterocycles. The van der Waals surface area contributed by atoms with Crippen LogP contribution in [0.15, 0.2) is 24.3 Å². The maximum absolute atomic E-state index is 12.4. The summed E-state index contributed by atoms with van der Waals surface area (Å²) in [4.78, 5) is 37.9. The van der Waals surface area contributed by atoms with Gasteiger partial charge < -0.3 is 20.3 Å². The highest BCUT2D eigenvalue weighted by molar-refractivity contribution is 5.94. The van der Waals surface area contributed by atoms with Crippen LogP contribution in [0, 0.1) is 5.92 Å². The number of urea groups is 1. The molecule has 26 heavy (non-hydrogen) atoms. The molecule has 0 atom stereocenters. The Bertz CT molecular complexity index is 662. The molecular formula is C19H25N3O4. The van der Waals surface area contributed by atoms with Crippen LogP contribution in [0.1, 0.15) is 43.0 Å². The zero-order valence-corrected chi connectivity index (χ0v) is 15.0. The van der Waals surface area contributed by atoms with Crippen LogP contribution in [-0.4, -0.2) is 48.5 Å². The highest BCUT2D eigenvalue weighted by Gasteiger charge is 2.30. The Balaban J connectivity index is 1.46. The highest BCUT2D eigenvalue weighted by atomic mass is 16.5. The zero-order valence-electron chi connectivity index (χ0n) is 15.0. The lowest BCUT2D eigenvalue weighted by Gasteiger charge is -2.31. The van der Waals surface area contributed by atoms with Gasteiger partial charge in [-0.2, -0.15) is 0 Å².